The number of carbonyl (C=O) groups excluding carboxylic acids is 2. The van der Waals surface area contributed by atoms with Crippen LogP contribution in [0.4, 0.5) is 0 Å². The van der Waals surface area contributed by atoms with Gasteiger partial charge in [0.25, 0.3) is 5.91 Å². The molecule has 2 aromatic rings. The number of aromatic nitrogens is 2. The summed E-state index contributed by atoms with van der Waals surface area (Å²) in [6.45, 7) is 10.9. The van der Waals surface area contributed by atoms with Gasteiger partial charge in [0.2, 0.25) is 5.91 Å². The molecule has 1 fully saturated rings. The van der Waals surface area contributed by atoms with Crippen LogP contribution in [-0.2, 0) is 11.3 Å². The highest BCUT2D eigenvalue weighted by molar-refractivity contribution is 5.95. The maximum absolute atomic E-state index is 12.7. The van der Waals surface area contributed by atoms with Gasteiger partial charge in [-0.15, -0.1) is 0 Å². The number of pyridine rings is 1. The second-order valence-corrected chi connectivity index (χ2v) is 7.30. The maximum Gasteiger partial charge on any atom is 0.253 e. The Morgan fingerprint density at radius 1 is 1.14 bits per heavy atom. The van der Waals surface area contributed by atoms with Crippen LogP contribution in [-0.4, -0.2) is 70.4 Å². The Kier molecular flexibility index (Phi) is 6.46. The van der Waals surface area contributed by atoms with E-state index in [0.29, 0.717) is 13.1 Å². The van der Waals surface area contributed by atoms with E-state index in [1.807, 2.05) is 43.0 Å². The molecule has 0 saturated carbocycles. The van der Waals surface area contributed by atoms with Crippen molar-refractivity contribution in [1.82, 2.24) is 24.7 Å². The fraction of sp³-hybridized carbons (Fsp3) is 0.476. The quantitative estimate of drug-likeness (QED) is 0.820. The summed E-state index contributed by atoms with van der Waals surface area (Å²) in [5.74, 6) is 0.0942. The molecular weight excluding hydrogens is 354 g/mol. The first-order valence-corrected chi connectivity index (χ1v) is 9.78. The van der Waals surface area contributed by atoms with Crippen LogP contribution < -0.4 is 5.32 Å². The Morgan fingerprint density at radius 3 is 2.54 bits per heavy atom. The third kappa shape index (κ3) is 4.78. The molecule has 7 nitrogen and oxygen atoms in total. The number of nitrogens with one attached hydrogen (secondary N) is 1. The molecule has 7 heteroatoms. The van der Waals surface area contributed by atoms with Gasteiger partial charge < -0.3 is 14.8 Å². The molecular formula is C21H29N5O2. The Balaban J connectivity index is 1.52. The van der Waals surface area contributed by atoms with E-state index in [1.165, 1.54) is 0 Å². The van der Waals surface area contributed by atoms with Crippen molar-refractivity contribution in [3.63, 3.8) is 0 Å². The number of piperazine rings is 1. The summed E-state index contributed by atoms with van der Waals surface area (Å²) in [5, 5.41) is 3.04. The van der Waals surface area contributed by atoms with Gasteiger partial charge in [0.15, 0.2) is 0 Å². The summed E-state index contributed by atoms with van der Waals surface area (Å²) in [6.07, 6.45) is 1.79. The molecule has 3 rings (SSSR count). The van der Waals surface area contributed by atoms with E-state index < -0.39 is 0 Å². The van der Waals surface area contributed by atoms with E-state index >= 15 is 0 Å². The first-order valence-electron chi connectivity index (χ1n) is 9.78. The first kappa shape index (κ1) is 20.1. The molecule has 1 aliphatic heterocycles. The minimum Gasteiger partial charge on any atom is -0.351 e. The van der Waals surface area contributed by atoms with Gasteiger partial charge in [-0.2, -0.15) is 0 Å². The monoisotopic (exact) mass is 383 g/mol. The molecule has 150 valence electrons. The zero-order valence-corrected chi connectivity index (χ0v) is 16.9. The van der Waals surface area contributed by atoms with E-state index in [-0.39, 0.29) is 11.8 Å². The smallest absolute Gasteiger partial charge is 0.253 e. The van der Waals surface area contributed by atoms with Crippen LogP contribution in [0.1, 0.15) is 34.4 Å². The molecule has 3 heterocycles. The first-order chi connectivity index (χ1) is 13.5. The highest BCUT2D eigenvalue weighted by Crippen LogP contribution is 2.16. The van der Waals surface area contributed by atoms with E-state index in [1.54, 1.807) is 13.1 Å². The van der Waals surface area contributed by atoms with Crippen LogP contribution in [0.2, 0.25) is 0 Å². The number of aryl methyl sites for hydroxylation is 1. The minimum atomic E-state index is -0.0391. The highest BCUT2D eigenvalue weighted by atomic mass is 16.2. The van der Waals surface area contributed by atoms with Crippen LogP contribution in [0, 0.1) is 13.8 Å². The SMILES string of the molecule is CC(=O)N1CCN(CCNC(=O)c2cc(C)n(Cc3ccccn3)c2C)CC1. The van der Waals surface area contributed by atoms with Gasteiger partial charge >= 0.3 is 0 Å². The maximum atomic E-state index is 12.7. The third-order valence-electron chi connectivity index (χ3n) is 5.40. The molecule has 0 aliphatic carbocycles. The lowest BCUT2D eigenvalue weighted by Gasteiger charge is -2.34. The summed E-state index contributed by atoms with van der Waals surface area (Å²) in [5.41, 5.74) is 3.69. The Bertz CT molecular complexity index is 823. The molecule has 1 saturated heterocycles. The largest absolute Gasteiger partial charge is 0.351 e. The van der Waals surface area contributed by atoms with Crippen molar-refractivity contribution in [1.29, 1.82) is 0 Å². The lowest BCUT2D eigenvalue weighted by Crippen LogP contribution is -2.49. The van der Waals surface area contributed by atoms with E-state index in [9.17, 15) is 9.59 Å². The average molecular weight is 383 g/mol. The zero-order chi connectivity index (χ0) is 20.1. The van der Waals surface area contributed by atoms with Gasteiger partial charge in [-0.1, -0.05) is 6.07 Å². The van der Waals surface area contributed by atoms with Crippen molar-refractivity contribution in [3.05, 3.63) is 53.1 Å². The summed E-state index contributed by atoms with van der Waals surface area (Å²) in [6, 6.07) is 7.81. The zero-order valence-electron chi connectivity index (χ0n) is 16.9. The molecule has 1 aliphatic rings. The second kappa shape index (κ2) is 9.01. The van der Waals surface area contributed by atoms with Gasteiger partial charge in [0, 0.05) is 63.8 Å². The van der Waals surface area contributed by atoms with Crippen LogP contribution in [0.15, 0.2) is 30.5 Å². The van der Waals surface area contributed by atoms with E-state index in [2.05, 4.69) is 19.8 Å². The fourth-order valence-electron chi connectivity index (χ4n) is 3.64. The number of hydrogen-bond acceptors (Lipinski definition) is 4. The van der Waals surface area contributed by atoms with Crippen molar-refractivity contribution >= 4 is 11.8 Å². The van der Waals surface area contributed by atoms with Crippen LogP contribution >= 0.6 is 0 Å². The molecule has 2 amide bonds. The predicted molar refractivity (Wildman–Crippen MR) is 108 cm³/mol. The second-order valence-electron chi connectivity index (χ2n) is 7.30. The number of hydrogen-bond donors (Lipinski definition) is 1. The van der Waals surface area contributed by atoms with Crippen molar-refractivity contribution in [2.75, 3.05) is 39.3 Å². The van der Waals surface area contributed by atoms with Crippen molar-refractivity contribution < 1.29 is 9.59 Å². The molecule has 0 unspecified atom stereocenters. The number of nitrogens with zero attached hydrogens (tertiary/aromatic N) is 4. The Hall–Kier alpha value is -2.67. The fourth-order valence-corrected chi connectivity index (χ4v) is 3.64. The number of carbonyl (C=O) groups is 2. The van der Waals surface area contributed by atoms with E-state index in [4.69, 9.17) is 0 Å². The molecule has 0 aromatic carbocycles. The van der Waals surface area contributed by atoms with Crippen molar-refractivity contribution in [2.45, 2.75) is 27.3 Å². The number of amides is 2. The molecule has 0 radical (unpaired) electrons. The lowest BCUT2D eigenvalue weighted by atomic mass is 10.2. The molecule has 0 atom stereocenters. The summed E-state index contributed by atoms with van der Waals surface area (Å²) in [4.78, 5) is 32.6. The van der Waals surface area contributed by atoms with E-state index in [0.717, 1.165) is 55.4 Å². The van der Waals surface area contributed by atoms with Crippen molar-refractivity contribution in [3.8, 4) is 0 Å². The highest BCUT2D eigenvalue weighted by Gasteiger charge is 2.19. The summed E-state index contributed by atoms with van der Waals surface area (Å²) < 4.78 is 2.12. The van der Waals surface area contributed by atoms with Crippen molar-refractivity contribution in [2.24, 2.45) is 0 Å². The van der Waals surface area contributed by atoms with Gasteiger partial charge in [-0.05, 0) is 32.0 Å². The van der Waals surface area contributed by atoms with Gasteiger partial charge in [-0.25, -0.2) is 0 Å². The van der Waals surface area contributed by atoms with Crippen LogP contribution in [0.3, 0.4) is 0 Å². The van der Waals surface area contributed by atoms with Gasteiger partial charge in [0.05, 0.1) is 17.8 Å². The lowest BCUT2D eigenvalue weighted by molar-refractivity contribution is -0.130. The third-order valence-corrected chi connectivity index (χ3v) is 5.40. The predicted octanol–water partition coefficient (Wildman–Crippen LogP) is 1.44. The van der Waals surface area contributed by atoms with Gasteiger partial charge in [0.1, 0.15) is 0 Å². The normalized spacial score (nSPS) is 14.9. The molecule has 2 aromatic heterocycles. The molecule has 1 N–H and O–H groups in total. The molecule has 28 heavy (non-hydrogen) atoms. The topological polar surface area (TPSA) is 70.5 Å². The summed E-state index contributed by atoms with van der Waals surface area (Å²) >= 11 is 0. The average Bonchev–Trinajstić information content (AvgIpc) is 2.97. The standard InChI is InChI=1S/C21H29N5O2/c1-16-14-20(17(2)26(16)15-19-6-4-5-7-22-19)21(28)23-8-9-24-10-12-25(13-11-24)18(3)27/h4-7,14H,8-13,15H2,1-3H3,(H,23,28). The minimum absolute atomic E-state index is 0.0391. The molecule has 0 spiro atoms. The number of rotatable bonds is 6. The molecule has 0 bridgehead atoms. The summed E-state index contributed by atoms with van der Waals surface area (Å²) in [7, 11) is 0. The van der Waals surface area contributed by atoms with Crippen LogP contribution in [0.25, 0.3) is 0 Å². The van der Waals surface area contributed by atoms with Crippen LogP contribution in [0.5, 0.6) is 0 Å². The Morgan fingerprint density at radius 2 is 1.89 bits per heavy atom. The Labute approximate surface area is 166 Å². The van der Waals surface area contributed by atoms with Gasteiger partial charge in [-0.3, -0.25) is 19.5 Å².